The number of carbonyl (C=O) groups excluding carboxylic acids is 1. The fraction of sp³-hybridized carbons (Fsp3) is 0.0833. The van der Waals surface area contributed by atoms with Crippen LogP contribution in [0.4, 0.5) is 5.69 Å². The van der Waals surface area contributed by atoms with Crippen molar-refractivity contribution in [3.05, 3.63) is 42.2 Å². The molecule has 0 fully saturated rings. The summed E-state index contributed by atoms with van der Waals surface area (Å²) in [5.41, 5.74) is 7.12. The van der Waals surface area contributed by atoms with Gasteiger partial charge in [-0.1, -0.05) is 0 Å². The molecule has 1 aromatic carbocycles. The average Bonchev–Trinajstić information content (AvgIpc) is 2.78. The minimum atomic E-state index is -0.485. The van der Waals surface area contributed by atoms with Crippen LogP contribution in [0.2, 0.25) is 0 Å². The summed E-state index contributed by atoms with van der Waals surface area (Å²) in [6, 6.07) is 10.5. The zero-order chi connectivity index (χ0) is 11.5. The van der Waals surface area contributed by atoms with Gasteiger partial charge in [-0.25, -0.2) is 4.79 Å². The van der Waals surface area contributed by atoms with Crippen LogP contribution in [-0.2, 0) is 4.74 Å². The van der Waals surface area contributed by atoms with Crippen LogP contribution >= 0.6 is 12.4 Å². The van der Waals surface area contributed by atoms with Gasteiger partial charge in [-0.2, -0.15) is 0 Å². The average molecular weight is 254 g/mol. The number of halogens is 1. The maximum absolute atomic E-state index is 11.2. The second kappa shape index (κ2) is 5.41. The molecule has 0 unspecified atom stereocenters. The first-order valence-electron chi connectivity index (χ1n) is 4.75. The highest BCUT2D eigenvalue weighted by molar-refractivity contribution is 5.87. The van der Waals surface area contributed by atoms with Gasteiger partial charge in [0.2, 0.25) is 5.76 Å². The Morgan fingerprint density at radius 3 is 2.41 bits per heavy atom. The van der Waals surface area contributed by atoms with E-state index >= 15 is 0 Å². The minimum Gasteiger partial charge on any atom is -0.463 e. The van der Waals surface area contributed by atoms with Crippen LogP contribution in [0.15, 0.2) is 40.8 Å². The molecule has 17 heavy (non-hydrogen) atoms. The van der Waals surface area contributed by atoms with Crippen LogP contribution in [0.1, 0.15) is 10.6 Å². The number of nitrogens with two attached hydrogens (primary N) is 1. The van der Waals surface area contributed by atoms with Crippen molar-refractivity contribution in [3.63, 3.8) is 0 Å². The van der Waals surface area contributed by atoms with E-state index in [2.05, 4.69) is 4.74 Å². The number of furan rings is 1. The topological polar surface area (TPSA) is 65.5 Å². The molecular weight excluding hydrogens is 242 g/mol. The molecule has 0 aliphatic carbocycles. The van der Waals surface area contributed by atoms with E-state index in [0.29, 0.717) is 11.4 Å². The molecule has 5 heteroatoms. The van der Waals surface area contributed by atoms with E-state index in [4.69, 9.17) is 10.2 Å². The summed E-state index contributed by atoms with van der Waals surface area (Å²) < 4.78 is 9.90. The minimum absolute atomic E-state index is 0. The van der Waals surface area contributed by atoms with E-state index in [9.17, 15) is 4.79 Å². The number of methoxy groups -OCH3 is 1. The first kappa shape index (κ1) is 13.1. The van der Waals surface area contributed by atoms with Crippen molar-refractivity contribution >= 4 is 24.1 Å². The highest BCUT2D eigenvalue weighted by Crippen LogP contribution is 2.23. The molecule has 0 aliphatic heterocycles. The number of carbonyl (C=O) groups is 1. The second-order valence-corrected chi connectivity index (χ2v) is 3.28. The molecule has 0 bridgehead atoms. The molecule has 0 saturated heterocycles. The number of hydrogen-bond donors (Lipinski definition) is 1. The number of esters is 1. The molecular formula is C12H12ClNO3. The number of anilines is 1. The molecule has 0 saturated carbocycles. The lowest BCUT2D eigenvalue weighted by Crippen LogP contribution is -1.98. The molecule has 90 valence electrons. The summed E-state index contributed by atoms with van der Waals surface area (Å²) in [6.45, 7) is 0. The van der Waals surface area contributed by atoms with E-state index in [1.165, 1.54) is 7.11 Å². The Balaban J connectivity index is 0.00000144. The molecule has 1 aromatic heterocycles. The number of nitrogen functional groups attached to an aromatic ring is 1. The van der Waals surface area contributed by atoms with Gasteiger partial charge in [0.1, 0.15) is 5.76 Å². The van der Waals surface area contributed by atoms with Gasteiger partial charge >= 0.3 is 5.97 Å². The van der Waals surface area contributed by atoms with Crippen molar-refractivity contribution in [2.75, 3.05) is 12.8 Å². The van der Waals surface area contributed by atoms with Gasteiger partial charge in [-0.3, -0.25) is 0 Å². The Labute approximate surface area is 105 Å². The van der Waals surface area contributed by atoms with Crippen LogP contribution < -0.4 is 5.73 Å². The molecule has 0 atom stereocenters. The Morgan fingerprint density at radius 2 is 1.82 bits per heavy atom. The fourth-order valence-corrected chi connectivity index (χ4v) is 1.35. The molecule has 1 heterocycles. The number of ether oxygens (including phenoxy) is 1. The van der Waals surface area contributed by atoms with E-state index in [-0.39, 0.29) is 18.2 Å². The first-order valence-corrected chi connectivity index (χ1v) is 4.75. The second-order valence-electron chi connectivity index (χ2n) is 3.28. The van der Waals surface area contributed by atoms with Gasteiger partial charge in [0.25, 0.3) is 0 Å². The predicted molar refractivity (Wildman–Crippen MR) is 67.1 cm³/mol. The lowest BCUT2D eigenvalue weighted by Gasteiger charge is -1.97. The molecule has 0 aliphatic rings. The molecule has 0 radical (unpaired) electrons. The maximum Gasteiger partial charge on any atom is 0.373 e. The summed E-state index contributed by atoms with van der Waals surface area (Å²) in [6.07, 6.45) is 0. The smallest absolute Gasteiger partial charge is 0.373 e. The SMILES string of the molecule is COC(=O)c1ccc(-c2ccc(N)cc2)o1.Cl. The molecule has 2 aromatic rings. The summed E-state index contributed by atoms with van der Waals surface area (Å²) in [5.74, 6) is 0.316. The zero-order valence-corrected chi connectivity index (χ0v) is 9.99. The third kappa shape index (κ3) is 2.79. The summed E-state index contributed by atoms with van der Waals surface area (Å²) in [7, 11) is 1.31. The fourth-order valence-electron chi connectivity index (χ4n) is 1.35. The van der Waals surface area contributed by atoms with Crippen LogP contribution in [0.5, 0.6) is 0 Å². The summed E-state index contributed by atoms with van der Waals surface area (Å²) in [4.78, 5) is 11.2. The van der Waals surface area contributed by atoms with Crippen LogP contribution in [-0.4, -0.2) is 13.1 Å². The zero-order valence-electron chi connectivity index (χ0n) is 9.17. The van der Waals surface area contributed by atoms with E-state index in [0.717, 1.165) is 5.56 Å². The van der Waals surface area contributed by atoms with E-state index in [1.807, 2.05) is 12.1 Å². The summed E-state index contributed by atoms with van der Waals surface area (Å²) in [5, 5.41) is 0. The molecule has 0 amide bonds. The lowest BCUT2D eigenvalue weighted by molar-refractivity contribution is 0.0566. The quantitative estimate of drug-likeness (QED) is 0.660. The van der Waals surface area contributed by atoms with Crippen molar-refractivity contribution < 1.29 is 13.9 Å². The third-order valence-corrected chi connectivity index (χ3v) is 2.19. The van der Waals surface area contributed by atoms with Crippen molar-refractivity contribution in [1.29, 1.82) is 0 Å². The van der Waals surface area contributed by atoms with Gasteiger partial charge in [-0.15, -0.1) is 12.4 Å². The van der Waals surface area contributed by atoms with Gasteiger partial charge < -0.3 is 14.9 Å². The highest BCUT2D eigenvalue weighted by atomic mass is 35.5. The third-order valence-electron chi connectivity index (χ3n) is 2.19. The highest BCUT2D eigenvalue weighted by Gasteiger charge is 2.11. The molecule has 0 spiro atoms. The lowest BCUT2D eigenvalue weighted by atomic mass is 10.1. The number of rotatable bonds is 2. The number of benzene rings is 1. The molecule has 2 N–H and O–H groups in total. The normalized spacial score (nSPS) is 9.47. The first-order chi connectivity index (χ1) is 7.70. The van der Waals surface area contributed by atoms with Crippen molar-refractivity contribution in [3.8, 4) is 11.3 Å². The van der Waals surface area contributed by atoms with Crippen molar-refractivity contribution in [2.24, 2.45) is 0 Å². The van der Waals surface area contributed by atoms with Crippen LogP contribution in [0, 0.1) is 0 Å². The predicted octanol–water partition coefficient (Wildman–Crippen LogP) is 2.74. The monoisotopic (exact) mass is 253 g/mol. The van der Waals surface area contributed by atoms with Gasteiger partial charge in [0.05, 0.1) is 7.11 Å². The van der Waals surface area contributed by atoms with E-state index in [1.54, 1.807) is 24.3 Å². The van der Waals surface area contributed by atoms with Crippen molar-refractivity contribution in [2.45, 2.75) is 0 Å². The van der Waals surface area contributed by atoms with Gasteiger partial charge in [0, 0.05) is 11.3 Å². The molecule has 4 nitrogen and oxygen atoms in total. The van der Waals surface area contributed by atoms with Crippen LogP contribution in [0.25, 0.3) is 11.3 Å². The maximum atomic E-state index is 11.2. The Kier molecular flexibility index (Phi) is 4.17. The standard InChI is InChI=1S/C12H11NO3.ClH/c1-15-12(14)11-7-6-10(16-11)8-2-4-9(13)5-3-8;/h2-7H,13H2,1H3;1H. The number of hydrogen-bond acceptors (Lipinski definition) is 4. The Morgan fingerprint density at radius 1 is 1.18 bits per heavy atom. The van der Waals surface area contributed by atoms with Crippen molar-refractivity contribution in [1.82, 2.24) is 0 Å². The largest absolute Gasteiger partial charge is 0.463 e. The van der Waals surface area contributed by atoms with Gasteiger partial charge in [-0.05, 0) is 36.4 Å². The van der Waals surface area contributed by atoms with Gasteiger partial charge in [0.15, 0.2) is 0 Å². The Bertz CT molecular complexity index is 505. The summed E-state index contributed by atoms with van der Waals surface area (Å²) >= 11 is 0. The molecule has 2 rings (SSSR count). The van der Waals surface area contributed by atoms with E-state index < -0.39 is 5.97 Å². The van der Waals surface area contributed by atoms with Crippen LogP contribution in [0.3, 0.4) is 0 Å². The Hall–Kier alpha value is -1.94.